The van der Waals surface area contributed by atoms with E-state index in [1.54, 1.807) is 31.5 Å². The molecule has 0 spiro atoms. The Morgan fingerprint density at radius 2 is 1.94 bits per heavy atom. The summed E-state index contributed by atoms with van der Waals surface area (Å²) in [6.45, 7) is 5.45. The van der Waals surface area contributed by atoms with E-state index in [1.807, 2.05) is 6.92 Å². The van der Waals surface area contributed by atoms with E-state index in [9.17, 15) is 14.0 Å². The van der Waals surface area contributed by atoms with E-state index >= 15 is 0 Å². The molecule has 2 amide bonds. The molecule has 0 fully saturated rings. The number of aromatic nitrogens is 5. The normalized spacial score (nSPS) is 12.9. The number of hydrogen-bond acceptors (Lipinski definition) is 8. The Bertz CT molecular complexity index is 1080. The quantitative estimate of drug-likeness (QED) is 0.494. The lowest BCUT2D eigenvalue weighted by molar-refractivity contribution is -0.115. The van der Waals surface area contributed by atoms with Gasteiger partial charge in [-0.2, -0.15) is 0 Å². The van der Waals surface area contributed by atoms with Gasteiger partial charge in [-0.15, -0.1) is 20.4 Å². The summed E-state index contributed by atoms with van der Waals surface area (Å²) in [5.74, 6) is -0.882. The highest BCUT2D eigenvalue weighted by molar-refractivity contribution is 8.00. The Kier molecular flexibility index (Phi) is 7.33. The molecule has 3 aromatic rings. The van der Waals surface area contributed by atoms with Crippen LogP contribution in [0, 0.1) is 5.82 Å². The highest BCUT2D eigenvalue weighted by Gasteiger charge is 2.23. The van der Waals surface area contributed by atoms with Gasteiger partial charge in [0, 0.05) is 7.05 Å². The minimum absolute atomic E-state index is 0.0423. The van der Waals surface area contributed by atoms with Gasteiger partial charge < -0.3 is 9.88 Å². The summed E-state index contributed by atoms with van der Waals surface area (Å²) >= 11 is 2.56. The maximum Gasteiger partial charge on any atom is 0.254 e. The molecule has 0 saturated heterocycles. The molecular weight excluding hydrogens is 441 g/mol. The Morgan fingerprint density at radius 1 is 1.19 bits per heavy atom. The monoisotopic (exact) mass is 463 g/mol. The molecule has 0 aliphatic heterocycles. The third kappa shape index (κ3) is 5.44. The summed E-state index contributed by atoms with van der Waals surface area (Å²) < 4.78 is 15.5. The number of halogens is 1. The second-order valence-corrected chi connectivity index (χ2v) is 9.05. The van der Waals surface area contributed by atoms with Crippen molar-refractivity contribution in [2.75, 3.05) is 5.32 Å². The number of hydrogen-bond donors (Lipinski definition) is 2. The first-order chi connectivity index (χ1) is 14.8. The lowest BCUT2D eigenvalue weighted by Gasteiger charge is -2.14. The van der Waals surface area contributed by atoms with Crippen LogP contribution in [0.4, 0.5) is 9.52 Å². The lowest BCUT2D eigenvalue weighted by Crippen LogP contribution is -2.29. The lowest BCUT2D eigenvalue weighted by atomic mass is 10.2. The van der Waals surface area contributed by atoms with E-state index in [0.717, 1.165) is 11.4 Å². The van der Waals surface area contributed by atoms with Gasteiger partial charge in [0.05, 0.1) is 16.9 Å². The van der Waals surface area contributed by atoms with Gasteiger partial charge in [0.2, 0.25) is 11.0 Å². The van der Waals surface area contributed by atoms with Gasteiger partial charge in [0.25, 0.3) is 5.91 Å². The van der Waals surface area contributed by atoms with E-state index < -0.39 is 23.0 Å². The first-order valence-corrected chi connectivity index (χ1v) is 11.2. The van der Waals surface area contributed by atoms with Crippen molar-refractivity contribution in [3.8, 4) is 0 Å². The number of rotatable bonds is 8. The first kappa shape index (κ1) is 22.8. The number of carbonyl (C=O) groups is 2. The molecule has 9 nitrogen and oxygen atoms in total. The molecule has 164 valence electrons. The molecular formula is C19H22FN7O2S2. The zero-order valence-electron chi connectivity index (χ0n) is 17.4. The topological polar surface area (TPSA) is 115 Å². The van der Waals surface area contributed by atoms with Crippen molar-refractivity contribution in [1.29, 1.82) is 0 Å². The molecule has 31 heavy (non-hydrogen) atoms. The zero-order chi connectivity index (χ0) is 22.5. The standard InChI is InChI=1S/C19H22FN7O2S2/c1-5-14-23-25-18(31-14)22-16(28)11(3)30-19-26-24-15(27(19)4)10(2)21-17(29)12-8-6-7-9-13(12)20/h6-11H,5H2,1-4H3,(H,21,29)(H,22,25,28). The number of amides is 2. The molecule has 0 saturated carbocycles. The van der Waals surface area contributed by atoms with Crippen molar-refractivity contribution in [2.45, 2.75) is 43.6 Å². The largest absolute Gasteiger partial charge is 0.342 e. The predicted molar refractivity (Wildman–Crippen MR) is 117 cm³/mol. The average molecular weight is 464 g/mol. The highest BCUT2D eigenvalue weighted by atomic mass is 32.2. The number of anilines is 1. The minimum atomic E-state index is -0.595. The maximum atomic E-state index is 13.8. The minimum Gasteiger partial charge on any atom is -0.342 e. The second-order valence-electron chi connectivity index (χ2n) is 6.68. The van der Waals surface area contributed by atoms with Crippen LogP contribution in [-0.4, -0.2) is 42.0 Å². The summed E-state index contributed by atoms with van der Waals surface area (Å²) in [7, 11) is 1.74. The fourth-order valence-electron chi connectivity index (χ4n) is 2.66. The number of nitrogens with zero attached hydrogens (tertiary/aromatic N) is 5. The molecule has 2 N–H and O–H groups in total. The molecule has 2 unspecified atom stereocenters. The summed E-state index contributed by atoms with van der Waals surface area (Å²) in [6, 6.07) is 5.24. The van der Waals surface area contributed by atoms with E-state index in [-0.39, 0.29) is 11.5 Å². The Balaban J connectivity index is 1.62. The van der Waals surface area contributed by atoms with Crippen LogP contribution in [-0.2, 0) is 18.3 Å². The van der Waals surface area contributed by atoms with E-state index in [1.165, 1.54) is 41.3 Å². The maximum absolute atomic E-state index is 13.8. The summed E-state index contributed by atoms with van der Waals surface area (Å²) in [4.78, 5) is 24.8. The van der Waals surface area contributed by atoms with Crippen LogP contribution in [0.1, 0.15) is 48.0 Å². The number of carbonyl (C=O) groups excluding carboxylic acids is 2. The van der Waals surface area contributed by atoms with E-state index in [0.29, 0.717) is 16.1 Å². The van der Waals surface area contributed by atoms with Crippen molar-refractivity contribution in [3.05, 3.63) is 46.5 Å². The fraction of sp³-hybridized carbons (Fsp3) is 0.368. The SMILES string of the molecule is CCc1nnc(NC(=O)C(C)Sc2nnc(C(C)NC(=O)c3ccccc3F)n2C)s1. The van der Waals surface area contributed by atoms with Gasteiger partial charge in [-0.1, -0.05) is 42.2 Å². The van der Waals surface area contributed by atoms with Crippen LogP contribution in [0.2, 0.25) is 0 Å². The Labute approximate surface area is 186 Å². The first-order valence-electron chi connectivity index (χ1n) is 9.54. The van der Waals surface area contributed by atoms with Crippen LogP contribution >= 0.6 is 23.1 Å². The third-order valence-electron chi connectivity index (χ3n) is 4.37. The highest BCUT2D eigenvalue weighted by Crippen LogP contribution is 2.25. The van der Waals surface area contributed by atoms with Crippen LogP contribution in [0.25, 0.3) is 0 Å². The molecule has 0 bridgehead atoms. The van der Waals surface area contributed by atoms with Crippen molar-refractivity contribution in [2.24, 2.45) is 7.05 Å². The van der Waals surface area contributed by atoms with Crippen LogP contribution in [0.5, 0.6) is 0 Å². The molecule has 2 atom stereocenters. The smallest absolute Gasteiger partial charge is 0.254 e. The van der Waals surface area contributed by atoms with Gasteiger partial charge in [-0.3, -0.25) is 14.9 Å². The summed E-state index contributed by atoms with van der Waals surface area (Å²) in [5, 5.41) is 23.0. The van der Waals surface area contributed by atoms with E-state index in [4.69, 9.17) is 0 Å². The molecule has 0 aliphatic rings. The number of thioether (sulfide) groups is 1. The van der Waals surface area contributed by atoms with Crippen molar-refractivity contribution in [1.82, 2.24) is 30.3 Å². The van der Waals surface area contributed by atoms with Crippen molar-refractivity contribution in [3.63, 3.8) is 0 Å². The third-order valence-corrected chi connectivity index (χ3v) is 6.49. The van der Waals surface area contributed by atoms with Crippen molar-refractivity contribution < 1.29 is 14.0 Å². The average Bonchev–Trinajstić information content (AvgIpc) is 3.34. The summed E-state index contributed by atoms with van der Waals surface area (Å²) in [5.41, 5.74) is -0.0423. The molecule has 3 rings (SSSR count). The number of aryl methyl sites for hydroxylation is 1. The zero-order valence-corrected chi connectivity index (χ0v) is 19.1. The predicted octanol–water partition coefficient (Wildman–Crippen LogP) is 2.98. The second kappa shape index (κ2) is 9.96. The Hall–Kier alpha value is -2.86. The summed E-state index contributed by atoms with van der Waals surface area (Å²) in [6.07, 6.45) is 0.755. The molecule has 12 heteroatoms. The molecule has 2 heterocycles. The Morgan fingerprint density at radius 3 is 2.61 bits per heavy atom. The molecule has 0 aliphatic carbocycles. The van der Waals surface area contributed by atoms with Gasteiger partial charge in [0.15, 0.2) is 11.0 Å². The molecule has 2 aromatic heterocycles. The fourth-order valence-corrected chi connectivity index (χ4v) is 4.16. The molecule has 1 aromatic carbocycles. The van der Waals surface area contributed by atoms with Gasteiger partial charge in [-0.05, 0) is 32.4 Å². The molecule has 0 radical (unpaired) electrons. The van der Waals surface area contributed by atoms with Crippen LogP contribution in [0.3, 0.4) is 0 Å². The van der Waals surface area contributed by atoms with E-state index in [2.05, 4.69) is 31.0 Å². The van der Waals surface area contributed by atoms with Crippen molar-refractivity contribution >= 4 is 40.0 Å². The number of benzene rings is 1. The van der Waals surface area contributed by atoms with Gasteiger partial charge >= 0.3 is 0 Å². The van der Waals surface area contributed by atoms with Gasteiger partial charge in [0.1, 0.15) is 10.8 Å². The van der Waals surface area contributed by atoms with Crippen LogP contribution < -0.4 is 10.6 Å². The van der Waals surface area contributed by atoms with Crippen LogP contribution in [0.15, 0.2) is 29.4 Å². The number of nitrogens with one attached hydrogen (secondary N) is 2. The van der Waals surface area contributed by atoms with Gasteiger partial charge in [-0.25, -0.2) is 4.39 Å².